The average molecular weight is 935 g/mol. The fraction of sp³-hybridized carbons (Fsp3) is 0. The average Bonchev–Trinajstić information content (AvgIpc) is 4.23. The minimum absolute atomic E-state index is 0.549. The molecule has 0 atom stereocenters. The molecule has 8 heteroatoms. The van der Waals surface area contributed by atoms with Crippen LogP contribution in [0.2, 0.25) is 0 Å². The van der Waals surface area contributed by atoms with Gasteiger partial charge in [0.25, 0.3) is 0 Å². The SMILES string of the molecule is c1ccc(N(c2ccc(-c3nc4c(-c5cccc6oc(-c7ccc(N(c8ccccc8)c8ccc9sc%10ccccc%10c9c8)cc7)nc56)cccc4o3)cc2)c2ccc3sc4ccccc4c3c2)cc1. The van der Waals surface area contributed by atoms with E-state index in [2.05, 4.69) is 216 Å². The van der Waals surface area contributed by atoms with Crippen molar-refractivity contribution in [3.63, 3.8) is 0 Å². The first-order valence-corrected chi connectivity index (χ1v) is 24.8. The maximum absolute atomic E-state index is 6.51. The van der Waals surface area contributed by atoms with Crippen molar-refractivity contribution in [2.75, 3.05) is 9.80 Å². The maximum Gasteiger partial charge on any atom is 0.227 e. The molecule has 14 aromatic rings. The molecule has 0 spiro atoms. The first-order chi connectivity index (χ1) is 34.7. The molecule has 0 amide bonds. The van der Waals surface area contributed by atoms with Crippen molar-refractivity contribution in [1.29, 1.82) is 0 Å². The molecule has 0 aliphatic heterocycles. The molecular weight excluding hydrogens is 897 g/mol. The summed E-state index contributed by atoms with van der Waals surface area (Å²) < 4.78 is 18.2. The van der Waals surface area contributed by atoms with Gasteiger partial charge in [-0.2, -0.15) is 0 Å². The molecule has 0 bridgehead atoms. The molecule has 6 nitrogen and oxygen atoms in total. The van der Waals surface area contributed by atoms with Gasteiger partial charge in [0.1, 0.15) is 11.0 Å². The highest BCUT2D eigenvalue weighted by Gasteiger charge is 2.21. The molecule has 0 unspecified atom stereocenters. The Hall–Kier alpha value is -8.82. The van der Waals surface area contributed by atoms with Gasteiger partial charge in [0.05, 0.1) is 0 Å². The van der Waals surface area contributed by atoms with E-state index in [1.165, 1.54) is 40.3 Å². The van der Waals surface area contributed by atoms with Crippen molar-refractivity contribution in [1.82, 2.24) is 9.97 Å². The van der Waals surface area contributed by atoms with E-state index in [4.69, 9.17) is 18.8 Å². The summed E-state index contributed by atoms with van der Waals surface area (Å²) in [5.74, 6) is 1.10. The first-order valence-electron chi connectivity index (χ1n) is 23.2. The van der Waals surface area contributed by atoms with Crippen molar-refractivity contribution < 1.29 is 8.83 Å². The Balaban J connectivity index is 0.784. The summed E-state index contributed by atoms with van der Waals surface area (Å²) in [6.07, 6.45) is 0. The third-order valence-electron chi connectivity index (χ3n) is 13.1. The van der Waals surface area contributed by atoms with Gasteiger partial charge in [-0.1, -0.05) is 97.1 Å². The van der Waals surface area contributed by atoms with Gasteiger partial charge in [-0.3, -0.25) is 0 Å². The van der Waals surface area contributed by atoms with Crippen LogP contribution in [0.4, 0.5) is 34.1 Å². The molecule has 0 saturated carbocycles. The zero-order valence-electron chi connectivity index (χ0n) is 37.4. The van der Waals surface area contributed by atoms with E-state index in [0.29, 0.717) is 22.9 Å². The second-order valence-corrected chi connectivity index (χ2v) is 19.5. The van der Waals surface area contributed by atoms with E-state index in [0.717, 1.165) is 67.4 Å². The zero-order valence-corrected chi connectivity index (χ0v) is 39.0. The predicted molar refractivity (Wildman–Crippen MR) is 293 cm³/mol. The first kappa shape index (κ1) is 40.3. The number of hydrogen-bond acceptors (Lipinski definition) is 8. The Bertz CT molecular complexity index is 3970. The van der Waals surface area contributed by atoms with Gasteiger partial charge in [-0.15, -0.1) is 22.7 Å². The minimum atomic E-state index is 0.549. The van der Waals surface area contributed by atoms with Gasteiger partial charge >= 0.3 is 0 Å². The summed E-state index contributed by atoms with van der Waals surface area (Å²) in [5, 5.41) is 5.07. The van der Waals surface area contributed by atoms with Crippen LogP contribution in [0.1, 0.15) is 0 Å². The van der Waals surface area contributed by atoms with Crippen LogP contribution >= 0.6 is 22.7 Å². The van der Waals surface area contributed by atoms with Crippen LogP contribution < -0.4 is 9.80 Å². The van der Waals surface area contributed by atoms with Gasteiger partial charge in [0, 0.05) is 96.7 Å². The highest BCUT2D eigenvalue weighted by Crippen LogP contribution is 2.44. The van der Waals surface area contributed by atoms with E-state index in [1.54, 1.807) is 0 Å². The summed E-state index contributed by atoms with van der Waals surface area (Å²) >= 11 is 3.66. The van der Waals surface area contributed by atoms with Crippen LogP contribution in [0.3, 0.4) is 0 Å². The summed E-state index contributed by atoms with van der Waals surface area (Å²) in [6.45, 7) is 0. The molecule has 0 aliphatic carbocycles. The number of benzene rings is 10. The number of thiophene rings is 2. The van der Waals surface area contributed by atoms with Gasteiger partial charge in [-0.05, 0) is 133 Å². The minimum Gasteiger partial charge on any atom is -0.436 e. The highest BCUT2D eigenvalue weighted by molar-refractivity contribution is 7.26. The number of fused-ring (bicyclic) bond motifs is 8. The zero-order chi connectivity index (χ0) is 46.1. The molecular formula is C62H38N4O2S2. The van der Waals surface area contributed by atoms with Gasteiger partial charge < -0.3 is 18.6 Å². The molecule has 4 aromatic heterocycles. The van der Waals surface area contributed by atoms with E-state index in [9.17, 15) is 0 Å². The van der Waals surface area contributed by atoms with Crippen LogP contribution in [-0.4, -0.2) is 9.97 Å². The molecule has 0 N–H and O–H groups in total. The van der Waals surface area contributed by atoms with Crippen LogP contribution in [-0.2, 0) is 0 Å². The lowest BCUT2D eigenvalue weighted by Gasteiger charge is -2.25. The fourth-order valence-electron chi connectivity index (χ4n) is 9.84. The molecule has 10 aromatic carbocycles. The Kier molecular flexibility index (Phi) is 9.46. The molecule has 14 rings (SSSR count). The topological polar surface area (TPSA) is 58.5 Å². The highest BCUT2D eigenvalue weighted by atomic mass is 32.1. The van der Waals surface area contributed by atoms with Gasteiger partial charge in [0.15, 0.2) is 11.2 Å². The molecule has 0 aliphatic rings. The normalized spacial score (nSPS) is 11.7. The second-order valence-electron chi connectivity index (χ2n) is 17.3. The smallest absolute Gasteiger partial charge is 0.227 e. The summed E-state index contributed by atoms with van der Waals surface area (Å²) in [5.41, 5.74) is 12.9. The van der Waals surface area contributed by atoms with Crippen LogP contribution in [0.5, 0.6) is 0 Å². The molecule has 330 valence electrons. The Morgan fingerprint density at radius 2 is 0.671 bits per heavy atom. The van der Waals surface area contributed by atoms with Crippen LogP contribution in [0.25, 0.3) is 96.6 Å². The standard InChI is InChI=1S/C62H38N4O2S2/c1-3-13-41(14-4-1)65(45-33-35-57-51(37-45)47-17-7-9-23-55(47)69-57)43-29-25-39(26-30-43)61-63-59-49(19-11-21-53(59)67-61)50-20-12-22-54-60(50)64-62(68-54)40-27-31-44(32-28-40)66(42-15-5-2-6-16-42)46-34-36-58-52(38-46)48-18-8-10-24-56(48)70-58/h1-38H. The van der Waals surface area contributed by atoms with Gasteiger partial charge in [0.2, 0.25) is 11.8 Å². The number of hydrogen-bond donors (Lipinski definition) is 0. The molecule has 70 heavy (non-hydrogen) atoms. The lowest BCUT2D eigenvalue weighted by molar-refractivity contribution is 0.619. The lowest BCUT2D eigenvalue weighted by atomic mass is 10.0. The third kappa shape index (κ3) is 6.84. The van der Waals surface area contributed by atoms with Crippen molar-refractivity contribution in [2.45, 2.75) is 0 Å². The second kappa shape index (κ2) is 16.5. The quantitative estimate of drug-likeness (QED) is 0.144. The Labute approximate surface area is 410 Å². The Morgan fingerprint density at radius 3 is 1.11 bits per heavy atom. The summed E-state index contributed by atoms with van der Waals surface area (Å²) in [4.78, 5) is 14.9. The number of oxazole rings is 2. The Morgan fingerprint density at radius 1 is 0.300 bits per heavy atom. The van der Waals surface area contributed by atoms with Gasteiger partial charge in [-0.25, -0.2) is 9.97 Å². The van der Waals surface area contributed by atoms with Crippen molar-refractivity contribution >= 4 is 119 Å². The van der Waals surface area contributed by atoms with Crippen LogP contribution in [0, 0.1) is 0 Å². The molecule has 0 saturated heterocycles. The maximum atomic E-state index is 6.51. The largest absolute Gasteiger partial charge is 0.436 e. The number of anilines is 6. The van der Waals surface area contributed by atoms with Crippen LogP contribution in [0.15, 0.2) is 239 Å². The number of rotatable bonds is 9. The monoisotopic (exact) mass is 934 g/mol. The predicted octanol–water partition coefficient (Wildman–Crippen LogP) is 18.6. The van der Waals surface area contributed by atoms with Crippen molar-refractivity contribution in [3.8, 4) is 34.0 Å². The van der Waals surface area contributed by atoms with Crippen molar-refractivity contribution in [3.05, 3.63) is 231 Å². The molecule has 0 fully saturated rings. The van der Waals surface area contributed by atoms with E-state index >= 15 is 0 Å². The van der Waals surface area contributed by atoms with E-state index in [-0.39, 0.29) is 0 Å². The lowest BCUT2D eigenvalue weighted by Crippen LogP contribution is -2.09. The number of aromatic nitrogens is 2. The van der Waals surface area contributed by atoms with E-state index < -0.39 is 0 Å². The van der Waals surface area contributed by atoms with E-state index in [1.807, 2.05) is 46.9 Å². The van der Waals surface area contributed by atoms with Crippen molar-refractivity contribution in [2.24, 2.45) is 0 Å². The summed E-state index contributed by atoms with van der Waals surface area (Å²) in [7, 11) is 0. The fourth-order valence-corrected chi connectivity index (χ4v) is 12.0. The summed E-state index contributed by atoms with van der Waals surface area (Å²) in [6, 6.07) is 80.9. The molecule has 4 heterocycles. The number of nitrogens with zero attached hydrogens (tertiary/aromatic N) is 4. The molecule has 0 radical (unpaired) electrons. The third-order valence-corrected chi connectivity index (χ3v) is 15.4. The number of para-hydroxylation sites is 4.